The number of aromatic nitrogens is 1. The molecule has 1 atom stereocenters. The predicted octanol–water partition coefficient (Wildman–Crippen LogP) is 3.52. The number of methoxy groups -OCH3 is 1. The summed E-state index contributed by atoms with van der Waals surface area (Å²) in [5.41, 5.74) is 2.98. The summed E-state index contributed by atoms with van der Waals surface area (Å²) in [4.78, 5) is 16.4. The zero-order valence-electron chi connectivity index (χ0n) is 12.4. The van der Waals surface area contributed by atoms with Crippen molar-refractivity contribution in [2.24, 2.45) is 0 Å². The van der Waals surface area contributed by atoms with Crippen molar-refractivity contribution in [3.63, 3.8) is 0 Å². The van der Waals surface area contributed by atoms with E-state index < -0.39 is 6.23 Å². The summed E-state index contributed by atoms with van der Waals surface area (Å²) in [5, 5.41) is 4.16. The van der Waals surface area contributed by atoms with Crippen molar-refractivity contribution < 1.29 is 14.3 Å². The van der Waals surface area contributed by atoms with Crippen molar-refractivity contribution in [1.29, 1.82) is 0 Å². The van der Waals surface area contributed by atoms with Gasteiger partial charge in [-0.3, -0.25) is 4.98 Å². The van der Waals surface area contributed by atoms with Crippen LogP contribution in [-0.4, -0.2) is 18.1 Å². The van der Waals surface area contributed by atoms with Gasteiger partial charge in [0.05, 0.1) is 23.9 Å². The Labute approximate surface area is 132 Å². The van der Waals surface area contributed by atoms with Gasteiger partial charge in [0.2, 0.25) is 6.23 Å². The molecule has 0 fully saturated rings. The van der Waals surface area contributed by atoms with Crippen molar-refractivity contribution in [1.82, 2.24) is 4.98 Å². The number of ether oxygens (including phenoxy) is 2. The van der Waals surface area contributed by atoms with Gasteiger partial charge in [0.1, 0.15) is 5.75 Å². The van der Waals surface area contributed by atoms with E-state index in [1.807, 2.05) is 42.5 Å². The first-order chi connectivity index (χ1) is 11.3. The summed E-state index contributed by atoms with van der Waals surface area (Å²) in [6, 6.07) is 14.9. The Morgan fingerprint density at radius 2 is 2.00 bits per heavy atom. The Hall–Kier alpha value is -3.08. The number of hydrogen-bond acceptors (Lipinski definition) is 5. The highest BCUT2D eigenvalue weighted by Gasteiger charge is 2.30. The fourth-order valence-corrected chi connectivity index (χ4v) is 2.83. The maximum absolute atomic E-state index is 11.9. The number of nitrogens with one attached hydrogen (secondary N) is 1. The SMILES string of the molecule is COc1ccc(N[C@H]2OC(=O)c3ccccc32)c2ncccc12. The first kappa shape index (κ1) is 13.6. The number of nitrogens with zero attached hydrogens (tertiary/aromatic N) is 1. The molecule has 23 heavy (non-hydrogen) atoms. The molecule has 0 spiro atoms. The molecule has 0 amide bonds. The van der Waals surface area contributed by atoms with Gasteiger partial charge >= 0.3 is 5.97 Å². The minimum Gasteiger partial charge on any atom is -0.496 e. The van der Waals surface area contributed by atoms with Crippen LogP contribution < -0.4 is 10.1 Å². The van der Waals surface area contributed by atoms with Gasteiger partial charge < -0.3 is 14.8 Å². The first-order valence-corrected chi connectivity index (χ1v) is 7.26. The second-order valence-corrected chi connectivity index (χ2v) is 5.23. The second kappa shape index (κ2) is 5.28. The number of rotatable bonds is 3. The lowest BCUT2D eigenvalue weighted by molar-refractivity contribution is 0.0437. The van der Waals surface area contributed by atoms with Crippen LogP contribution in [0.5, 0.6) is 5.75 Å². The van der Waals surface area contributed by atoms with Crippen LogP contribution in [0.25, 0.3) is 10.9 Å². The number of benzene rings is 2. The number of carbonyl (C=O) groups excluding carboxylic acids is 1. The molecule has 0 radical (unpaired) electrons. The molecule has 1 aliphatic rings. The number of fused-ring (bicyclic) bond motifs is 2. The number of carbonyl (C=O) groups is 1. The van der Waals surface area contributed by atoms with E-state index in [0.717, 1.165) is 27.9 Å². The Balaban J connectivity index is 1.76. The van der Waals surface area contributed by atoms with E-state index in [1.54, 1.807) is 19.4 Å². The summed E-state index contributed by atoms with van der Waals surface area (Å²) in [7, 11) is 1.63. The summed E-state index contributed by atoms with van der Waals surface area (Å²) in [6.45, 7) is 0. The van der Waals surface area contributed by atoms with E-state index >= 15 is 0 Å². The minimum absolute atomic E-state index is 0.316. The Morgan fingerprint density at radius 1 is 1.13 bits per heavy atom. The predicted molar refractivity (Wildman–Crippen MR) is 86.5 cm³/mol. The molecule has 114 valence electrons. The molecular formula is C18H14N2O3. The quantitative estimate of drug-likeness (QED) is 0.750. The number of esters is 1. The largest absolute Gasteiger partial charge is 0.496 e. The number of hydrogen-bond donors (Lipinski definition) is 1. The molecule has 1 N–H and O–H groups in total. The molecule has 2 heterocycles. The summed E-state index contributed by atoms with van der Waals surface area (Å²) < 4.78 is 10.8. The van der Waals surface area contributed by atoms with Gasteiger partial charge in [-0.1, -0.05) is 18.2 Å². The average Bonchev–Trinajstić information content (AvgIpc) is 2.92. The third-order valence-corrected chi connectivity index (χ3v) is 3.92. The van der Waals surface area contributed by atoms with E-state index in [9.17, 15) is 4.79 Å². The van der Waals surface area contributed by atoms with Crippen LogP contribution in [0.2, 0.25) is 0 Å². The van der Waals surface area contributed by atoms with Gasteiger partial charge in [0, 0.05) is 17.1 Å². The van der Waals surface area contributed by atoms with E-state index in [4.69, 9.17) is 9.47 Å². The molecule has 0 saturated carbocycles. The van der Waals surface area contributed by atoms with E-state index in [1.165, 1.54) is 0 Å². The lowest BCUT2D eigenvalue weighted by Crippen LogP contribution is -2.11. The van der Waals surface area contributed by atoms with E-state index in [0.29, 0.717) is 5.56 Å². The number of cyclic esters (lactones) is 1. The first-order valence-electron chi connectivity index (χ1n) is 7.26. The highest BCUT2D eigenvalue weighted by molar-refractivity contribution is 5.97. The van der Waals surface area contributed by atoms with Gasteiger partial charge in [-0.15, -0.1) is 0 Å². The van der Waals surface area contributed by atoms with Crippen molar-refractivity contribution in [2.45, 2.75) is 6.23 Å². The second-order valence-electron chi connectivity index (χ2n) is 5.23. The zero-order chi connectivity index (χ0) is 15.8. The summed E-state index contributed by atoms with van der Waals surface area (Å²) in [6.07, 6.45) is 1.21. The zero-order valence-corrected chi connectivity index (χ0v) is 12.4. The van der Waals surface area contributed by atoms with Crippen molar-refractivity contribution in [2.75, 3.05) is 12.4 Å². The lowest BCUT2D eigenvalue weighted by Gasteiger charge is -2.16. The average molecular weight is 306 g/mol. The van der Waals surface area contributed by atoms with Crippen molar-refractivity contribution >= 4 is 22.6 Å². The van der Waals surface area contributed by atoms with Gasteiger partial charge in [0.25, 0.3) is 0 Å². The molecule has 3 aromatic rings. The van der Waals surface area contributed by atoms with Crippen LogP contribution in [0.4, 0.5) is 5.69 Å². The van der Waals surface area contributed by atoms with Crippen LogP contribution in [0.15, 0.2) is 54.7 Å². The van der Waals surface area contributed by atoms with Crippen LogP contribution in [0.1, 0.15) is 22.1 Å². The monoisotopic (exact) mass is 306 g/mol. The van der Waals surface area contributed by atoms with Crippen molar-refractivity contribution in [3.05, 3.63) is 65.9 Å². The Kier molecular flexibility index (Phi) is 3.12. The third-order valence-electron chi connectivity index (χ3n) is 3.92. The smallest absolute Gasteiger partial charge is 0.340 e. The highest BCUT2D eigenvalue weighted by Crippen LogP contribution is 2.35. The molecular weight excluding hydrogens is 292 g/mol. The molecule has 4 rings (SSSR count). The van der Waals surface area contributed by atoms with Gasteiger partial charge in [0.15, 0.2) is 0 Å². The number of anilines is 1. The molecule has 0 saturated heterocycles. The van der Waals surface area contributed by atoms with Gasteiger partial charge in [-0.05, 0) is 30.3 Å². The molecule has 1 aliphatic heterocycles. The highest BCUT2D eigenvalue weighted by atomic mass is 16.6. The molecule has 2 aromatic carbocycles. The minimum atomic E-state index is -0.516. The maximum atomic E-state index is 11.9. The molecule has 0 unspecified atom stereocenters. The molecule has 5 nitrogen and oxygen atoms in total. The number of pyridine rings is 1. The fourth-order valence-electron chi connectivity index (χ4n) is 2.83. The normalized spacial score (nSPS) is 16.0. The summed E-state index contributed by atoms with van der Waals surface area (Å²) in [5.74, 6) is 0.436. The molecule has 1 aromatic heterocycles. The van der Waals surface area contributed by atoms with Crippen LogP contribution in [-0.2, 0) is 4.74 Å². The topological polar surface area (TPSA) is 60.5 Å². The van der Waals surface area contributed by atoms with Crippen LogP contribution >= 0.6 is 0 Å². The van der Waals surface area contributed by atoms with Crippen molar-refractivity contribution in [3.8, 4) is 5.75 Å². The maximum Gasteiger partial charge on any atom is 0.340 e. The molecule has 0 aliphatic carbocycles. The Bertz CT molecular complexity index is 908. The van der Waals surface area contributed by atoms with Crippen LogP contribution in [0.3, 0.4) is 0 Å². The Morgan fingerprint density at radius 3 is 2.87 bits per heavy atom. The van der Waals surface area contributed by atoms with Gasteiger partial charge in [-0.2, -0.15) is 0 Å². The van der Waals surface area contributed by atoms with E-state index in [2.05, 4.69) is 10.3 Å². The standard InChI is InChI=1S/C18H14N2O3/c1-22-15-9-8-14(16-13(15)7-4-10-19-16)20-17-11-5-2-3-6-12(11)18(21)23-17/h2-10,17,20H,1H3/t17-/m0/s1. The molecule has 0 bridgehead atoms. The third kappa shape index (κ3) is 2.17. The lowest BCUT2D eigenvalue weighted by atomic mass is 10.1. The van der Waals surface area contributed by atoms with Crippen LogP contribution in [0, 0.1) is 0 Å². The van der Waals surface area contributed by atoms with Gasteiger partial charge in [-0.25, -0.2) is 4.79 Å². The van der Waals surface area contributed by atoms with E-state index in [-0.39, 0.29) is 5.97 Å². The summed E-state index contributed by atoms with van der Waals surface area (Å²) >= 11 is 0. The fraction of sp³-hybridized carbons (Fsp3) is 0.111. The molecule has 5 heteroatoms.